The number of rotatable bonds is 14. The quantitative estimate of drug-likeness (QED) is 0.209. The number of hydrogen-bond donors (Lipinski definition) is 6. The fourth-order valence-electron chi connectivity index (χ4n) is 3.06. The normalized spacial score (nSPS) is 14.6. The summed E-state index contributed by atoms with van der Waals surface area (Å²) >= 11 is 0. The minimum Gasteiger partial charge on any atom is -0.480 e. The van der Waals surface area contributed by atoms with Crippen LogP contribution in [0.5, 0.6) is 0 Å². The number of nitrogens with two attached hydrogens (primary N) is 2. The largest absolute Gasteiger partial charge is 0.480 e. The van der Waals surface area contributed by atoms with Gasteiger partial charge in [-0.15, -0.1) is 0 Å². The number of unbranched alkanes of at least 4 members (excludes halogenated alkanes) is 1. The van der Waals surface area contributed by atoms with E-state index in [0.717, 1.165) is 5.56 Å². The number of carbonyl (C=O) groups is 4. The summed E-state index contributed by atoms with van der Waals surface area (Å²) in [7, 11) is 0. The molecule has 0 saturated carbocycles. The molecular weight excluding hydrogens is 426 g/mol. The number of carboxylic acid groups (broad SMARTS) is 1. The predicted octanol–water partition coefficient (Wildman–Crippen LogP) is -0.0997. The highest BCUT2D eigenvalue weighted by atomic mass is 16.4. The molecular formula is C23H37N5O5. The Balaban J connectivity index is 2.84. The molecule has 10 nitrogen and oxygen atoms in total. The van der Waals surface area contributed by atoms with Gasteiger partial charge in [-0.25, -0.2) is 4.79 Å². The topological polar surface area (TPSA) is 177 Å². The molecule has 10 heteroatoms. The van der Waals surface area contributed by atoms with Gasteiger partial charge < -0.3 is 32.5 Å². The minimum absolute atomic E-state index is 0.102. The number of carboxylic acids is 1. The van der Waals surface area contributed by atoms with Crippen molar-refractivity contribution in [2.75, 3.05) is 6.54 Å². The monoisotopic (exact) mass is 463 g/mol. The van der Waals surface area contributed by atoms with Crippen LogP contribution >= 0.6 is 0 Å². The van der Waals surface area contributed by atoms with Gasteiger partial charge in [-0.1, -0.05) is 44.2 Å². The van der Waals surface area contributed by atoms with Crippen LogP contribution in [0.4, 0.5) is 0 Å². The van der Waals surface area contributed by atoms with Gasteiger partial charge in [-0.2, -0.15) is 0 Å². The zero-order valence-electron chi connectivity index (χ0n) is 19.5. The second-order valence-electron chi connectivity index (χ2n) is 8.43. The van der Waals surface area contributed by atoms with Crippen molar-refractivity contribution in [1.29, 1.82) is 0 Å². The number of aliphatic carboxylic acids is 1. The van der Waals surface area contributed by atoms with Gasteiger partial charge >= 0.3 is 5.97 Å². The van der Waals surface area contributed by atoms with Crippen LogP contribution in [0.25, 0.3) is 0 Å². The number of hydrogen-bond acceptors (Lipinski definition) is 6. The maximum atomic E-state index is 12.9. The molecule has 184 valence electrons. The third-order valence-electron chi connectivity index (χ3n) is 5.25. The van der Waals surface area contributed by atoms with Crippen molar-refractivity contribution in [3.05, 3.63) is 35.9 Å². The fourth-order valence-corrected chi connectivity index (χ4v) is 3.06. The molecule has 0 bridgehead atoms. The Labute approximate surface area is 194 Å². The van der Waals surface area contributed by atoms with E-state index in [-0.39, 0.29) is 18.8 Å². The highest BCUT2D eigenvalue weighted by Gasteiger charge is 2.29. The summed E-state index contributed by atoms with van der Waals surface area (Å²) in [5, 5.41) is 17.2. The standard InChI is InChI=1S/C23H37N5O5/c1-14(2)19(25)22(31)26-15(3)20(29)27-17(11-7-8-12-24)21(30)28-18(23(32)33)13-16-9-5-4-6-10-16/h4-6,9-10,14-15,17-19H,7-8,11-13,24-25H2,1-3H3,(H,26,31)(H,27,29)(H,28,30)(H,32,33). The van der Waals surface area contributed by atoms with Crippen LogP contribution in [0.15, 0.2) is 30.3 Å². The van der Waals surface area contributed by atoms with E-state index < -0.39 is 47.9 Å². The Kier molecular flexibility index (Phi) is 12.1. The lowest BCUT2D eigenvalue weighted by Crippen LogP contribution is -2.57. The Hall–Kier alpha value is -2.98. The van der Waals surface area contributed by atoms with E-state index in [9.17, 15) is 24.3 Å². The third-order valence-corrected chi connectivity index (χ3v) is 5.25. The van der Waals surface area contributed by atoms with E-state index in [0.29, 0.717) is 19.4 Å². The first-order valence-corrected chi connectivity index (χ1v) is 11.2. The van der Waals surface area contributed by atoms with Gasteiger partial charge in [0, 0.05) is 6.42 Å². The minimum atomic E-state index is -1.18. The lowest BCUT2D eigenvalue weighted by molar-refractivity contribution is -0.142. The third kappa shape index (κ3) is 10.0. The summed E-state index contributed by atoms with van der Waals surface area (Å²) in [6, 6.07) is 5.11. The van der Waals surface area contributed by atoms with Gasteiger partial charge in [-0.3, -0.25) is 14.4 Å². The van der Waals surface area contributed by atoms with E-state index >= 15 is 0 Å². The molecule has 0 aliphatic carbocycles. The van der Waals surface area contributed by atoms with Crippen molar-refractivity contribution in [3.63, 3.8) is 0 Å². The maximum absolute atomic E-state index is 12.9. The number of benzene rings is 1. The molecule has 1 aromatic rings. The molecule has 0 radical (unpaired) electrons. The summed E-state index contributed by atoms with van der Waals surface area (Å²) in [6.45, 7) is 5.50. The van der Waals surface area contributed by atoms with E-state index in [1.54, 1.807) is 38.1 Å². The summed E-state index contributed by atoms with van der Waals surface area (Å²) in [5.74, 6) is -2.93. The lowest BCUT2D eigenvalue weighted by atomic mass is 10.0. The van der Waals surface area contributed by atoms with E-state index in [2.05, 4.69) is 16.0 Å². The summed E-state index contributed by atoms with van der Waals surface area (Å²) in [6.07, 6.45) is 1.58. The molecule has 4 unspecified atom stereocenters. The van der Waals surface area contributed by atoms with Crippen LogP contribution in [-0.4, -0.2) is 59.5 Å². The zero-order valence-corrected chi connectivity index (χ0v) is 19.5. The van der Waals surface area contributed by atoms with Crippen LogP contribution in [0.3, 0.4) is 0 Å². The van der Waals surface area contributed by atoms with Gasteiger partial charge in [0.2, 0.25) is 17.7 Å². The van der Waals surface area contributed by atoms with Gasteiger partial charge in [0.05, 0.1) is 6.04 Å². The van der Waals surface area contributed by atoms with Gasteiger partial charge in [0.15, 0.2) is 0 Å². The molecule has 0 saturated heterocycles. The van der Waals surface area contributed by atoms with Crippen molar-refractivity contribution in [3.8, 4) is 0 Å². The van der Waals surface area contributed by atoms with E-state index in [4.69, 9.17) is 11.5 Å². The fraction of sp³-hybridized carbons (Fsp3) is 0.565. The summed E-state index contributed by atoms with van der Waals surface area (Å²) in [5.41, 5.74) is 12.1. The molecule has 8 N–H and O–H groups in total. The maximum Gasteiger partial charge on any atom is 0.326 e. The molecule has 0 heterocycles. The van der Waals surface area contributed by atoms with Crippen LogP contribution in [-0.2, 0) is 25.6 Å². The van der Waals surface area contributed by atoms with Gasteiger partial charge in [0.1, 0.15) is 18.1 Å². The van der Waals surface area contributed by atoms with Crippen molar-refractivity contribution >= 4 is 23.7 Å². The Bertz CT molecular complexity index is 787. The van der Waals surface area contributed by atoms with Crippen molar-refractivity contribution in [1.82, 2.24) is 16.0 Å². The molecule has 1 aromatic carbocycles. The molecule has 0 aliphatic rings. The first kappa shape index (κ1) is 28.1. The molecule has 0 aliphatic heterocycles. The van der Waals surface area contributed by atoms with Crippen LogP contribution in [0.1, 0.15) is 45.6 Å². The van der Waals surface area contributed by atoms with Crippen LogP contribution < -0.4 is 27.4 Å². The molecule has 0 spiro atoms. The van der Waals surface area contributed by atoms with Crippen molar-refractivity contribution in [2.24, 2.45) is 17.4 Å². The number of amides is 3. The second-order valence-corrected chi connectivity index (χ2v) is 8.43. The molecule has 0 aromatic heterocycles. The molecule has 4 atom stereocenters. The highest BCUT2D eigenvalue weighted by molar-refractivity contribution is 5.93. The van der Waals surface area contributed by atoms with Gasteiger partial charge in [0.25, 0.3) is 0 Å². The van der Waals surface area contributed by atoms with Gasteiger partial charge in [-0.05, 0) is 44.2 Å². The zero-order chi connectivity index (χ0) is 25.0. The Morgan fingerprint density at radius 1 is 0.879 bits per heavy atom. The van der Waals surface area contributed by atoms with Crippen LogP contribution in [0, 0.1) is 5.92 Å². The SMILES string of the molecule is CC(NC(=O)C(N)C(C)C)C(=O)NC(CCCCN)C(=O)NC(Cc1ccccc1)C(=O)O. The highest BCUT2D eigenvalue weighted by Crippen LogP contribution is 2.07. The Morgan fingerprint density at radius 2 is 1.48 bits per heavy atom. The Morgan fingerprint density at radius 3 is 2.03 bits per heavy atom. The number of carbonyl (C=O) groups excluding carboxylic acids is 3. The summed E-state index contributed by atoms with van der Waals surface area (Å²) < 4.78 is 0. The van der Waals surface area contributed by atoms with Crippen LogP contribution in [0.2, 0.25) is 0 Å². The van der Waals surface area contributed by atoms with E-state index in [1.165, 1.54) is 6.92 Å². The lowest BCUT2D eigenvalue weighted by Gasteiger charge is -2.24. The second kappa shape index (κ2) is 14.2. The first-order valence-electron chi connectivity index (χ1n) is 11.2. The molecule has 1 rings (SSSR count). The number of nitrogens with one attached hydrogen (secondary N) is 3. The van der Waals surface area contributed by atoms with E-state index in [1.807, 2.05) is 6.07 Å². The summed E-state index contributed by atoms with van der Waals surface area (Å²) in [4.78, 5) is 49.4. The average molecular weight is 464 g/mol. The molecule has 3 amide bonds. The first-order chi connectivity index (χ1) is 15.6. The smallest absolute Gasteiger partial charge is 0.326 e. The predicted molar refractivity (Wildman–Crippen MR) is 125 cm³/mol. The molecule has 0 fully saturated rings. The average Bonchev–Trinajstić information content (AvgIpc) is 2.77. The molecule has 33 heavy (non-hydrogen) atoms. The van der Waals surface area contributed by atoms with Crippen molar-refractivity contribution in [2.45, 2.75) is 70.6 Å². The van der Waals surface area contributed by atoms with Crippen molar-refractivity contribution < 1.29 is 24.3 Å².